The number of hydrogen-bond acceptors (Lipinski definition) is 8. The van der Waals surface area contributed by atoms with E-state index >= 15 is 0 Å². The predicted molar refractivity (Wildman–Crippen MR) is 106 cm³/mol. The summed E-state index contributed by atoms with van der Waals surface area (Å²) < 4.78 is 28.9. The molecular weight excluding hydrogens is 380 g/mol. The van der Waals surface area contributed by atoms with Crippen LogP contribution in [-0.4, -0.2) is 46.2 Å². The zero-order valence-electron chi connectivity index (χ0n) is 15.6. The van der Waals surface area contributed by atoms with Crippen molar-refractivity contribution in [3.8, 4) is 0 Å². The molecule has 10 nitrogen and oxygen atoms in total. The van der Waals surface area contributed by atoms with Crippen molar-refractivity contribution in [3.63, 3.8) is 0 Å². The zero-order chi connectivity index (χ0) is 20.0. The second-order valence-electron chi connectivity index (χ2n) is 5.88. The normalized spacial score (nSPS) is 11.4. The topological polar surface area (TPSA) is 127 Å². The van der Waals surface area contributed by atoms with Crippen molar-refractivity contribution in [2.75, 3.05) is 23.7 Å². The zero-order valence-corrected chi connectivity index (χ0v) is 16.4. The second-order valence-corrected chi connectivity index (χ2v) is 7.59. The van der Waals surface area contributed by atoms with Crippen LogP contribution < -0.4 is 15.4 Å². The molecule has 0 radical (unpaired) electrons. The number of imidazole rings is 1. The van der Waals surface area contributed by atoms with Crippen molar-refractivity contribution in [2.24, 2.45) is 0 Å². The molecule has 0 aromatic carbocycles. The smallest absolute Gasteiger partial charge is 0.259 e. The molecule has 0 fully saturated rings. The third-order valence-corrected chi connectivity index (χ3v) is 5.21. The number of nitrogens with one attached hydrogen (secondary N) is 3. The molecular formula is C17H22N8O2S. The van der Waals surface area contributed by atoms with Gasteiger partial charge in [0.25, 0.3) is 10.0 Å². The molecule has 148 valence electrons. The van der Waals surface area contributed by atoms with Crippen molar-refractivity contribution < 1.29 is 8.42 Å². The largest absolute Gasteiger partial charge is 0.367 e. The maximum atomic E-state index is 12.3. The third-order valence-electron chi connectivity index (χ3n) is 3.88. The van der Waals surface area contributed by atoms with Crippen LogP contribution in [0.4, 0.5) is 17.5 Å². The summed E-state index contributed by atoms with van der Waals surface area (Å²) in [6.45, 7) is 4.92. The van der Waals surface area contributed by atoms with Crippen molar-refractivity contribution in [1.82, 2.24) is 29.5 Å². The standard InChI is InChI=1S/C17H22N8O2S/c1-3-25-12-17(21-13(25)2)28(26,27)20-11-10-19-15-7-8-16(24-23-15)22-14-6-4-5-9-18-14/h4-9,12,20H,3,10-11H2,1-2H3,(H,19,23)(H,18,22,24). The summed E-state index contributed by atoms with van der Waals surface area (Å²) in [7, 11) is -3.64. The van der Waals surface area contributed by atoms with Gasteiger partial charge in [-0.2, -0.15) is 0 Å². The average Bonchev–Trinajstić information content (AvgIpc) is 3.09. The van der Waals surface area contributed by atoms with Gasteiger partial charge in [0.15, 0.2) is 10.8 Å². The van der Waals surface area contributed by atoms with E-state index in [1.807, 2.05) is 25.1 Å². The Kier molecular flexibility index (Phi) is 6.16. The lowest BCUT2D eigenvalue weighted by Gasteiger charge is -2.07. The number of hydrogen-bond donors (Lipinski definition) is 3. The van der Waals surface area contributed by atoms with Crippen LogP contribution >= 0.6 is 0 Å². The van der Waals surface area contributed by atoms with Crippen molar-refractivity contribution in [3.05, 3.63) is 48.5 Å². The molecule has 3 aromatic heterocycles. The average molecular weight is 402 g/mol. The molecule has 28 heavy (non-hydrogen) atoms. The van der Waals surface area contributed by atoms with Gasteiger partial charge in [0, 0.05) is 32.0 Å². The number of aryl methyl sites for hydroxylation is 2. The van der Waals surface area contributed by atoms with Gasteiger partial charge in [-0.3, -0.25) is 0 Å². The van der Waals surface area contributed by atoms with E-state index in [1.165, 1.54) is 6.20 Å². The minimum Gasteiger partial charge on any atom is -0.367 e. The Hall–Kier alpha value is -3.05. The summed E-state index contributed by atoms with van der Waals surface area (Å²) in [5.41, 5.74) is 0. The van der Waals surface area contributed by atoms with E-state index in [4.69, 9.17) is 0 Å². The van der Waals surface area contributed by atoms with Crippen molar-refractivity contribution in [1.29, 1.82) is 0 Å². The van der Waals surface area contributed by atoms with Gasteiger partial charge in [-0.05, 0) is 38.1 Å². The Morgan fingerprint density at radius 1 is 1.04 bits per heavy atom. The maximum Gasteiger partial charge on any atom is 0.259 e. The molecule has 11 heteroatoms. The molecule has 0 aliphatic rings. The number of aromatic nitrogens is 5. The molecule has 3 aromatic rings. The van der Waals surface area contributed by atoms with E-state index in [-0.39, 0.29) is 11.6 Å². The highest BCUT2D eigenvalue weighted by atomic mass is 32.2. The molecule has 0 atom stereocenters. The van der Waals surface area contributed by atoms with E-state index in [0.717, 1.165) is 0 Å². The lowest BCUT2D eigenvalue weighted by Crippen LogP contribution is -2.29. The van der Waals surface area contributed by atoms with Gasteiger partial charge in [0.2, 0.25) is 0 Å². The number of anilines is 3. The fourth-order valence-electron chi connectivity index (χ4n) is 2.44. The van der Waals surface area contributed by atoms with E-state index in [0.29, 0.717) is 36.4 Å². The van der Waals surface area contributed by atoms with Crippen LogP contribution in [0, 0.1) is 6.92 Å². The SMILES string of the molecule is CCn1cc(S(=O)(=O)NCCNc2ccc(Nc3ccccn3)nn2)nc1C. The molecule has 0 unspecified atom stereocenters. The molecule has 0 spiro atoms. The summed E-state index contributed by atoms with van der Waals surface area (Å²) in [6.07, 6.45) is 3.21. The van der Waals surface area contributed by atoms with Crippen LogP contribution in [0.25, 0.3) is 0 Å². The van der Waals surface area contributed by atoms with Crippen LogP contribution in [0.3, 0.4) is 0 Å². The van der Waals surface area contributed by atoms with Crippen LogP contribution in [0.15, 0.2) is 47.8 Å². The quantitative estimate of drug-likeness (QED) is 0.460. The van der Waals surface area contributed by atoms with E-state index < -0.39 is 10.0 Å². The number of sulfonamides is 1. The van der Waals surface area contributed by atoms with Gasteiger partial charge in [0.05, 0.1) is 0 Å². The minimum absolute atomic E-state index is 0.0246. The molecule has 0 saturated carbocycles. The highest BCUT2D eigenvalue weighted by molar-refractivity contribution is 7.89. The first-order valence-corrected chi connectivity index (χ1v) is 10.3. The lowest BCUT2D eigenvalue weighted by atomic mass is 10.4. The molecule has 3 heterocycles. The molecule has 3 N–H and O–H groups in total. The first-order valence-electron chi connectivity index (χ1n) is 8.77. The summed E-state index contributed by atoms with van der Waals surface area (Å²) in [5.74, 6) is 2.44. The molecule has 0 saturated heterocycles. The number of rotatable bonds is 9. The molecule has 3 rings (SSSR count). The minimum atomic E-state index is -3.64. The summed E-state index contributed by atoms with van der Waals surface area (Å²) in [4.78, 5) is 8.24. The van der Waals surface area contributed by atoms with Gasteiger partial charge >= 0.3 is 0 Å². The van der Waals surface area contributed by atoms with Crippen LogP contribution in [0.2, 0.25) is 0 Å². The van der Waals surface area contributed by atoms with Gasteiger partial charge in [0.1, 0.15) is 17.5 Å². The highest BCUT2D eigenvalue weighted by Crippen LogP contribution is 2.12. The molecule has 0 amide bonds. The highest BCUT2D eigenvalue weighted by Gasteiger charge is 2.18. The molecule has 0 bridgehead atoms. The number of pyridine rings is 1. The Balaban J connectivity index is 1.48. The van der Waals surface area contributed by atoms with Crippen molar-refractivity contribution in [2.45, 2.75) is 25.4 Å². The van der Waals surface area contributed by atoms with Gasteiger partial charge < -0.3 is 15.2 Å². The Bertz CT molecular complexity index is 1000. The van der Waals surface area contributed by atoms with Gasteiger partial charge in [-0.1, -0.05) is 6.07 Å². The summed E-state index contributed by atoms with van der Waals surface area (Å²) >= 11 is 0. The maximum absolute atomic E-state index is 12.3. The second kappa shape index (κ2) is 8.76. The van der Waals surface area contributed by atoms with E-state index in [1.54, 1.807) is 29.8 Å². The van der Waals surface area contributed by atoms with Crippen LogP contribution in [-0.2, 0) is 16.6 Å². The van der Waals surface area contributed by atoms with Gasteiger partial charge in [-0.15, -0.1) is 10.2 Å². The fraction of sp³-hybridized carbons (Fsp3) is 0.294. The molecule has 0 aliphatic heterocycles. The van der Waals surface area contributed by atoms with Crippen molar-refractivity contribution >= 4 is 27.5 Å². The Morgan fingerprint density at radius 2 is 1.82 bits per heavy atom. The number of nitrogens with zero attached hydrogens (tertiary/aromatic N) is 5. The first-order chi connectivity index (χ1) is 13.5. The molecule has 0 aliphatic carbocycles. The first kappa shape index (κ1) is 19.7. The fourth-order valence-corrected chi connectivity index (χ4v) is 3.48. The van der Waals surface area contributed by atoms with Crippen LogP contribution in [0.5, 0.6) is 0 Å². The predicted octanol–water partition coefficient (Wildman–Crippen LogP) is 1.53. The monoisotopic (exact) mass is 402 g/mol. The van der Waals surface area contributed by atoms with Gasteiger partial charge in [-0.25, -0.2) is 23.1 Å². The van der Waals surface area contributed by atoms with Crippen LogP contribution in [0.1, 0.15) is 12.7 Å². The summed E-state index contributed by atoms with van der Waals surface area (Å²) in [5, 5.41) is 14.2. The summed E-state index contributed by atoms with van der Waals surface area (Å²) in [6, 6.07) is 9.03. The lowest BCUT2D eigenvalue weighted by molar-refractivity contribution is 0.579. The van der Waals surface area contributed by atoms with E-state index in [2.05, 4.69) is 35.5 Å². The van der Waals surface area contributed by atoms with E-state index in [9.17, 15) is 8.42 Å². The Labute approximate surface area is 163 Å². The third kappa shape index (κ3) is 5.02. The Morgan fingerprint density at radius 3 is 2.46 bits per heavy atom.